The maximum Gasteiger partial charge on any atom is 0.265 e. The number of hydrogen-bond acceptors (Lipinski definition) is 6. The third kappa shape index (κ3) is 10.4. The maximum absolute atomic E-state index is 11.7. The van der Waals surface area contributed by atoms with E-state index in [1.54, 1.807) is 24.5 Å². The summed E-state index contributed by atoms with van der Waals surface area (Å²) in [6, 6.07) is 23.2. The van der Waals surface area contributed by atoms with Crippen molar-refractivity contribution < 1.29 is 9.59 Å². The smallest absolute Gasteiger partial charge is 0.265 e. The van der Waals surface area contributed by atoms with Crippen LogP contribution in [0.4, 0.5) is 0 Å². The van der Waals surface area contributed by atoms with Gasteiger partial charge < -0.3 is 5.32 Å². The number of carbonyl (C=O) groups excluding carboxylic acids is 2. The second-order valence-corrected chi connectivity index (χ2v) is 6.82. The Morgan fingerprint density at radius 2 is 1.44 bits per heavy atom. The highest BCUT2D eigenvalue weighted by atomic mass is 16.2. The van der Waals surface area contributed by atoms with E-state index in [-0.39, 0.29) is 18.2 Å². The van der Waals surface area contributed by atoms with Crippen molar-refractivity contribution in [2.45, 2.75) is 19.4 Å². The number of nitrogens with two attached hydrogens (primary N) is 1. The number of aromatic nitrogens is 1. The van der Waals surface area contributed by atoms with Crippen molar-refractivity contribution in [1.82, 2.24) is 26.6 Å². The number of amides is 2. The minimum Gasteiger partial charge on any atom is -0.352 e. The van der Waals surface area contributed by atoms with Gasteiger partial charge in [0.1, 0.15) is 0 Å². The van der Waals surface area contributed by atoms with E-state index in [4.69, 9.17) is 5.84 Å². The average Bonchev–Trinajstić information content (AvgIpc) is 2.86. The van der Waals surface area contributed by atoms with Crippen LogP contribution in [0.25, 0.3) is 0 Å². The maximum atomic E-state index is 11.7. The summed E-state index contributed by atoms with van der Waals surface area (Å²) in [6.07, 6.45) is 4.37. The van der Waals surface area contributed by atoms with Crippen molar-refractivity contribution >= 4 is 11.8 Å². The van der Waals surface area contributed by atoms with Gasteiger partial charge >= 0.3 is 0 Å². The molecule has 32 heavy (non-hydrogen) atoms. The minimum atomic E-state index is -0.257. The molecular weight excluding hydrogens is 404 g/mol. The van der Waals surface area contributed by atoms with Gasteiger partial charge in [0.2, 0.25) is 5.91 Å². The Balaban J connectivity index is 0.000000303. The van der Waals surface area contributed by atoms with Gasteiger partial charge in [-0.15, -0.1) is 0 Å². The second kappa shape index (κ2) is 15.2. The zero-order valence-electron chi connectivity index (χ0n) is 18.0. The number of hydrazine groups is 2. The van der Waals surface area contributed by atoms with E-state index in [2.05, 4.69) is 38.7 Å². The van der Waals surface area contributed by atoms with Crippen molar-refractivity contribution in [2.75, 3.05) is 13.1 Å². The van der Waals surface area contributed by atoms with Gasteiger partial charge in [0.25, 0.3) is 5.91 Å². The fraction of sp³-hybridized carbons (Fsp3) is 0.208. The molecule has 0 aliphatic rings. The zero-order valence-corrected chi connectivity index (χ0v) is 18.0. The Bertz CT molecular complexity index is 908. The normalized spacial score (nSPS) is 9.91. The van der Waals surface area contributed by atoms with Crippen molar-refractivity contribution in [1.29, 1.82) is 0 Å². The van der Waals surface area contributed by atoms with Gasteiger partial charge in [-0.3, -0.25) is 31.3 Å². The summed E-state index contributed by atoms with van der Waals surface area (Å²) in [5, 5.41) is 2.82. The molecule has 8 heteroatoms. The van der Waals surface area contributed by atoms with Crippen molar-refractivity contribution in [3.05, 3.63) is 102 Å². The molecule has 0 saturated heterocycles. The van der Waals surface area contributed by atoms with Gasteiger partial charge in [0, 0.05) is 44.0 Å². The van der Waals surface area contributed by atoms with Gasteiger partial charge in [-0.2, -0.15) is 0 Å². The van der Waals surface area contributed by atoms with E-state index in [9.17, 15) is 9.59 Å². The molecule has 0 aliphatic carbocycles. The summed E-state index contributed by atoms with van der Waals surface area (Å²) in [6.45, 7) is 1.70. The van der Waals surface area contributed by atoms with E-state index < -0.39 is 0 Å². The zero-order chi connectivity index (χ0) is 22.9. The summed E-state index contributed by atoms with van der Waals surface area (Å²) in [5.74, 6) is 4.79. The molecule has 0 unspecified atom stereocenters. The summed E-state index contributed by atoms with van der Waals surface area (Å²) < 4.78 is 0. The van der Waals surface area contributed by atoms with E-state index in [1.807, 2.05) is 48.5 Å². The fourth-order valence-electron chi connectivity index (χ4n) is 2.64. The molecule has 2 aromatic carbocycles. The largest absolute Gasteiger partial charge is 0.352 e. The van der Waals surface area contributed by atoms with E-state index in [1.165, 1.54) is 5.56 Å². The topological polar surface area (TPSA) is 121 Å². The molecule has 0 saturated carbocycles. The Morgan fingerprint density at radius 1 is 0.812 bits per heavy atom. The molecule has 0 atom stereocenters. The van der Waals surface area contributed by atoms with Crippen LogP contribution in [-0.2, 0) is 17.8 Å². The number of nitrogens with zero attached hydrogens (tertiary/aromatic N) is 1. The van der Waals surface area contributed by atoms with Crippen LogP contribution in [0.2, 0.25) is 0 Å². The molecule has 168 valence electrons. The van der Waals surface area contributed by atoms with Crippen molar-refractivity contribution in [3.63, 3.8) is 0 Å². The lowest BCUT2D eigenvalue weighted by atomic mass is 10.2. The average molecular weight is 435 g/mol. The quantitative estimate of drug-likeness (QED) is 0.188. The molecule has 0 spiro atoms. The molecule has 3 rings (SSSR count). The molecule has 0 bridgehead atoms. The summed E-state index contributed by atoms with van der Waals surface area (Å²) in [7, 11) is 0. The number of benzene rings is 2. The van der Waals surface area contributed by atoms with Crippen molar-refractivity contribution in [3.8, 4) is 0 Å². The highest BCUT2D eigenvalue weighted by Gasteiger charge is 2.04. The van der Waals surface area contributed by atoms with Crippen LogP contribution in [0, 0.1) is 0 Å². The van der Waals surface area contributed by atoms with Gasteiger partial charge in [-0.1, -0.05) is 60.7 Å². The highest BCUT2D eigenvalue weighted by molar-refractivity contribution is 5.93. The van der Waals surface area contributed by atoms with E-state index in [0.717, 1.165) is 18.5 Å². The number of pyridine rings is 1. The first-order valence-electron chi connectivity index (χ1n) is 10.4. The molecule has 1 heterocycles. The van der Waals surface area contributed by atoms with Crippen LogP contribution in [0.15, 0.2) is 85.2 Å². The lowest BCUT2D eigenvalue weighted by molar-refractivity contribution is -0.121. The number of carbonyl (C=O) groups is 2. The van der Waals surface area contributed by atoms with Crippen LogP contribution in [0.3, 0.4) is 0 Å². The Labute approximate surface area is 188 Å². The first-order valence-corrected chi connectivity index (χ1v) is 10.4. The van der Waals surface area contributed by atoms with Gasteiger partial charge in [0.15, 0.2) is 0 Å². The third-order valence-corrected chi connectivity index (χ3v) is 4.35. The Hall–Kier alpha value is -3.59. The molecule has 3 aromatic rings. The highest BCUT2D eigenvalue weighted by Crippen LogP contribution is 1.98. The van der Waals surface area contributed by atoms with Crippen LogP contribution in [0.1, 0.15) is 27.9 Å². The van der Waals surface area contributed by atoms with Crippen LogP contribution >= 0.6 is 0 Å². The second-order valence-electron chi connectivity index (χ2n) is 6.82. The van der Waals surface area contributed by atoms with E-state index in [0.29, 0.717) is 18.7 Å². The predicted octanol–water partition coefficient (Wildman–Crippen LogP) is 1.71. The Morgan fingerprint density at radius 3 is 2.06 bits per heavy atom. The minimum absolute atomic E-state index is 0.0745. The Kier molecular flexibility index (Phi) is 11.8. The van der Waals surface area contributed by atoms with Gasteiger partial charge in [-0.25, -0.2) is 5.43 Å². The number of hydrogen-bond donors (Lipinski definition) is 5. The number of nitrogens with one attached hydrogen (secondary N) is 4. The lowest BCUT2D eigenvalue weighted by Crippen LogP contribution is -2.39. The molecule has 1 aromatic heterocycles. The summed E-state index contributed by atoms with van der Waals surface area (Å²) in [5.41, 5.74) is 10.8. The predicted molar refractivity (Wildman–Crippen MR) is 125 cm³/mol. The fourth-order valence-corrected chi connectivity index (χ4v) is 2.64. The van der Waals surface area contributed by atoms with Gasteiger partial charge in [0.05, 0.1) is 0 Å². The number of rotatable bonds is 10. The standard InChI is InChI=1S/C16H18N4O2.C8H12N2/c21-15(18-12-13-4-2-1-3-5-13)8-11-19-20-16(22)14-6-9-17-10-7-14;9-10-7-6-8-4-2-1-3-5-8/h1-7,9-10,19H,8,11-12H2,(H,18,21)(H,20,22);1-5,10H,6-7,9H2. The SMILES string of the molecule is NNCCc1ccccc1.O=C(CCNNC(=O)c1ccncc1)NCc1ccccc1. The third-order valence-electron chi connectivity index (χ3n) is 4.35. The molecular formula is C24H30N6O2. The molecule has 0 aliphatic heterocycles. The molecule has 0 fully saturated rings. The monoisotopic (exact) mass is 434 g/mol. The molecule has 0 radical (unpaired) electrons. The summed E-state index contributed by atoms with van der Waals surface area (Å²) in [4.78, 5) is 27.2. The van der Waals surface area contributed by atoms with Crippen LogP contribution < -0.4 is 27.4 Å². The van der Waals surface area contributed by atoms with Crippen LogP contribution in [-0.4, -0.2) is 29.9 Å². The first kappa shape index (κ1) is 24.7. The molecule has 2 amide bonds. The van der Waals surface area contributed by atoms with E-state index >= 15 is 0 Å². The summed E-state index contributed by atoms with van der Waals surface area (Å²) >= 11 is 0. The van der Waals surface area contributed by atoms with Crippen molar-refractivity contribution in [2.24, 2.45) is 5.84 Å². The van der Waals surface area contributed by atoms with Crippen LogP contribution in [0.5, 0.6) is 0 Å². The first-order chi connectivity index (χ1) is 15.7. The molecule has 8 nitrogen and oxygen atoms in total. The lowest BCUT2D eigenvalue weighted by Gasteiger charge is -2.08. The molecule has 6 N–H and O–H groups in total. The van der Waals surface area contributed by atoms with Gasteiger partial charge in [-0.05, 0) is 29.7 Å².